The molecule has 0 aliphatic rings. The summed E-state index contributed by atoms with van der Waals surface area (Å²) in [5.74, 6) is 0.778. The van der Waals surface area contributed by atoms with Gasteiger partial charge in [-0.3, -0.25) is 4.68 Å². The second kappa shape index (κ2) is 5.15. The molecule has 2 heterocycles. The molecule has 2 aromatic heterocycles. The van der Waals surface area contributed by atoms with Crippen molar-refractivity contribution in [2.24, 2.45) is 7.05 Å². The maximum Gasteiger partial charge on any atom is 0.128 e. The maximum absolute atomic E-state index is 13.7. The molecule has 0 saturated carbocycles. The Bertz CT molecular complexity index is 819. The molecule has 0 saturated heterocycles. The number of rotatable bonds is 3. The molecule has 0 unspecified atom stereocenters. The van der Waals surface area contributed by atoms with E-state index in [1.807, 2.05) is 35.5 Å². The number of alkyl halides is 1. The number of halogens is 2. The fraction of sp³-hybridized carbons (Fsp3) is 0.333. The van der Waals surface area contributed by atoms with E-state index < -0.39 is 0 Å². The highest BCUT2D eigenvalue weighted by molar-refractivity contribution is 6.16. The van der Waals surface area contributed by atoms with Crippen molar-refractivity contribution >= 4 is 22.6 Å². The summed E-state index contributed by atoms with van der Waals surface area (Å²) >= 11 is 6.00. The Balaban J connectivity index is 2.16. The summed E-state index contributed by atoms with van der Waals surface area (Å²) in [7, 11) is 1.91. The van der Waals surface area contributed by atoms with E-state index in [1.54, 1.807) is 6.92 Å². The fourth-order valence-electron chi connectivity index (χ4n) is 2.45. The molecule has 3 rings (SSSR count). The van der Waals surface area contributed by atoms with Gasteiger partial charge in [0.1, 0.15) is 11.6 Å². The van der Waals surface area contributed by atoms with Crippen LogP contribution in [0.3, 0.4) is 0 Å². The van der Waals surface area contributed by atoms with Crippen molar-refractivity contribution in [3.8, 4) is 0 Å². The third kappa shape index (κ3) is 2.31. The first kappa shape index (κ1) is 14.1. The van der Waals surface area contributed by atoms with Crippen molar-refractivity contribution in [2.75, 3.05) is 0 Å². The van der Waals surface area contributed by atoms with Crippen LogP contribution >= 0.6 is 11.6 Å². The highest BCUT2D eigenvalue weighted by atomic mass is 35.5. The van der Waals surface area contributed by atoms with E-state index in [2.05, 4.69) is 10.1 Å². The SMILES string of the molecule is Cc1cc2c(cc1F)nc(CCl)n2Cc1cnn(C)c1C. The van der Waals surface area contributed by atoms with Crippen molar-refractivity contribution in [2.45, 2.75) is 26.3 Å². The third-order valence-corrected chi connectivity index (χ3v) is 4.13. The minimum absolute atomic E-state index is 0.245. The molecule has 3 aromatic rings. The van der Waals surface area contributed by atoms with Gasteiger partial charge in [-0.2, -0.15) is 5.10 Å². The molecule has 0 atom stereocenters. The average Bonchev–Trinajstić information content (AvgIpc) is 2.95. The van der Waals surface area contributed by atoms with Crippen molar-refractivity contribution in [1.82, 2.24) is 19.3 Å². The molecular weight excluding hydrogens is 291 g/mol. The van der Waals surface area contributed by atoms with Crippen LogP contribution in [0.15, 0.2) is 18.3 Å². The molecule has 4 nitrogen and oxygen atoms in total. The predicted molar refractivity (Wildman–Crippen MR) is 81.0 cm³/mol. The van der Waals surface area contributed by atoms with Gasteiger partial charge in [0.05, 0.1) is 29.7 Å². The van der Waals surface area contributed by atoms with Crippen LogP contribution in [0.4, 0.5) is 4.39 Å². The molecule has 1 aromatic carbocycles. The fourth-order valence-corrected chi connectivity index (χ4v) is 2.65. The topological polar surface area (TPSA) is 35.6 Å². The molecule has 110 valence electrons. The van der Waals surface area contributed by atoms with Crippen LogP contribution in [0.25, 0.3) is 11.0 Å². The van der Waals surface area contributed by atoms with Gasteiger partial charge >= 0.3 is 0 Å². The average molecular weight is 307 g/mol. The van der Waals surface area contributed by atoms with E-state index >= 15 is 0 Å². The molecule has 21 heavy (non-hydrogen) atoms. The second-order valence-electron chi connectivity index (χ2n) is 5.22. The van der Waals surface area contributed by atoms with Gasteiger partial charge in [0, 0.05) is 24.4 Å². The number of aryl methyl sites for hydroxylation is 2. The van der Waals surface area contributed by atoms with Crippen LogP contribution in [-0.2, 0) is 19.5 Å². The van der Waals surface area contributed by atoms with E-state index in [4.69, 9.17) is 11.6 Å². The summed E-state index contributed by atoms with van der Waals surface area (Å²) in [6, 6.07) is 3.28. The molecule has 6 heteroatoms. The Hall–Kier alpha value is -1.88. The molecular formula is C15H16ClFN4. The van der Waals surface area contributed by atoms with Crippen LogP contribution in [-0.4, -0.2) is 19.3 Å². The van der Waals surface area contributed by atoms with Gasteiger partial charge in [-0.15, -0.1) is 11.6 Å². The van der Waals surface area contributed by atoms with E-state index in [-0.39, 0.29) is 11.7 Å². The number of hydrogen-bond acceptors (Lipinski definition) is 2. The second-order valence-corrected chi connectivity index (χ2v) is 5.48. The Labute approximate surface area is 127 Å². The van der Waals surface area contributed by atoms with Gasteiger partial charge in [0.25, 0.3) is 0 Å². The van der Waals surface area contributed by atoms with Gasteiger partial charge in [-0.25, -0.2) is 9.37 Å². The first-order chi connectivity index (χ1) is 10.0. The lowest BCUT2D eigenvalue weighted by atomic mass is 10.2. The predicted octanol–water partition coefficient (Wildman–Crippen LogP) is 3.31. The first-order valence-corrected chi connectivity index (χ1v) is 7.23. The zero-order chi connectivity index (χ0) is 15.1. The zero-order valence-corrected chi connectivity index (χ0v) is 12.9. The number of hydrogen-bond donors (Lipinski definition) is 0. The minimum atomic E-state index is -0.245. The normalized spacial score (nSPS) is 11.5. The summed E-state index contributed by atoms with van der Waals surface area (Å²) in [4.78, 5) is 4.43. The standard InChI is InChI=1S/C15H16ClFN4/c1-9-4-14-13(5-12(9)17)19-15(6-16)21(14)8-11-7-18-20(3)10(11)2/h4-5,7H,6,8H2,1-3H3. The number of aromatic nitrogens is 4. The van der Waals surface area contributed by atoms with E-state index in [0.29, 0.717) is 17.6 Å². The summed E-state index contributed by atoms with van der Waals surface area (Å²) in [6.07, 6.45) is 1.84. The van der Waals surface area contributed by atoms with Crippen LogP contribution < -0.4 is 0 Å². The Morgan fingerprint density at radius 1 is 1.29 bits per heavy atom. The van der Waals surface area contributed by atoms with Crippen molar-refractivity contribution < 1.29 is 4.39 Å². The molecule has 0 bridgehead atoms. The number of fused-ring (bicyclic) bond motifs is 1. The maximum atomic E-state index is 13.7. The lowest BCUT2D eigenvalue weighted by molar-refractivity contribution is 0.620. The molecule has 0 amide bonds. The van der Waals surface area contributed by atoms with Crippen LogP contribution in [0.1, 0.15) is 22.6 Å². The van der Waals surface area contributed by atoms with Crippen molar-refractivity contribution in [3.63, 3.8) is 0 Å². The Kier molecular flexibility index (Phi) is 3.45. The third-order valence-electron chi connectivity index (χ3n) is 3.89. The molecule has 0 spiro atoms. The summed E-state index contributed by atoms with van der Waals surface area (Å²) < 4.78 is 17.6. The van der Waals surface area contributed by atoms with E-state index in [0.717, 1.165) is 22.6 Å². The largest absolute Gasteiger partial charge is 0.322 e. The van der Waals surface area contributed by atoms with Gasteiger partial charge in [0.2, 0.25) is 0 Å². The summed E-state index contributed by atoms with van der Waals surface area (Å²) in [5.41, 5.74) is 4.33. The molecule has 0 aliphatic heterocycles. The molecule has 0 aliphatic carbocycles. The van der Waals surface area contributed by atoms with E-state index in [9.17, 15) is 4.39 Å². The minimum Gasteiger partial charge on any atom is -0.322 e. The van der Waals surface area contributed by atoms with Gasteiger partial charge in [-0.1, -0.05) is 0 Å². The molecule has 0 fully saturated rings. The monoisotopic (exact) mass is 306 g/mol. The van der Waals surface area contributed by atoms with Crippen LogP contribution in [0.2, 0.25) is 0 Å². The Morgan fingerprint density at radius 3 is 2.67 bits per heavy atom. The lowest BCUT2D eigenvalue weighted by Gasteiger charge is -2.08. The smallest absolute Gasteiger partial charge is 0.128 e. The highest BCUT2D eigenvalue weighted by Crippen LogP contribution is 2.23. The Morgan fingerprint density at radius 2 is 2.05 bits per heavy atom. The molecule has 0 N–H and O–H groups in total. The van der Waals surface area contributed by atoms with Crippen LogP contribution in [0.5, 0.6) is 0 Å². The summed E-state index contributed by atoms with van der Waals surface area (Å²) in [5, 5.41) is 4.25. The quantitative estimate of drug-likeness (QED) is 0.696. The van der Waals surface area contributed by atoms with Crippen molar-refractivity contribution in [1.29, 1.82) is 0 Å². The van der Waals surface area contributed by atoms with Gasteiger partial charge in [0.15, 0.2) is 0 Å². The lowest BCUT2D eigenvalue weighted by Crippen LogP contribution is -2.05. The van der Waals surface area contributed by atoms with Gasteiger partial charge in [-0.05, 0) is 25.5 Å². The number of imidazole rings is 1. The van der Waals surface area contributed by atoms with Gasteiger partial charge < -0.3 is 4.57 Å². The number of benzene rings is 1. The first-order valence-electron chi connectivity index (χ1n) is 6.70. The van der Waals surface area contributed by atoms with E-state index in [1.165, 1.54) is 6.07 Å². The summed E-state index contributed by atoms with van der Waals surface area (Å²) in [6.45, 7) is 4.40. The highest BCUT2D eigenvalue weighted by Gasteiger charge is 2.14. The molecule has 0 radical (unpaired) electrons. The number of nitrogens with zero attached hydrogens (tertiary/aromatic N) is 4. The van der Waals surface area contributed by atoms with Crippen molar-refractivity contribution in [3.05, 3.63) is 46.8 Å². The zero-order valence-electron chi connectivity index (χ0n) is 12.2. The van der Waals surface area contributed by atoms with Crippen LogP contribution in [0, 0.1) is 19.7 Å².